The third-order valence-electron chi connectivity index (χ3n) is 4.90. The number of ether oxygens (including phenoxy) is 3. The largest absolute Gasteiger partial charge is 0.366 e. The van der Waals surface area contributed by atoms with Gasteiger partial charge in [-0.2, -0.15) is 0 Å². The molecule has 3 aliphatic rings. The number of rotatable bonds is 3. The molecule has 1 saturated carbocycles. The van der Waals surface area contributed by atoms with Crippen molar-refractivity contribution in [1.29, 1.82) is 0 Å². The molecule has 3 nitrogen and oxygen atoms in total. The highest BCUT2D eigenvalue weighted by Crippen LogP contribution is 2.53. The molecule has 1 aromatic rings. The Morgan fingerprint density at radius 3 is 2.45 bits per heavy atom. The summed E-state index contributed by atoms with van der Waals surface area (Å²) in [4.78, 5) is 0. The first kappa shape index (κ1) is 11.7. The average Bonchev–Trinajstić information content (AvgIpc) is 2.85. The monoisotopic (exact) mass is 275 g/mol. The minimum Gasteiger partial charge on any atom is -0.366 e. The van der Waals surface area contributed by atoms with Gasteiger partial charge in [0.25, 0.3) is 0 Å². The van der Waals surface area contributed by atoms with E-state index in [9.17, 15) is 0 Å². The molecule has 0 bridgehead atoms. The lowest BCUT2D eigenvalue weighted by Crippen LogP contribution is -2.39. The van der Waals surface area contributed by atoms with Crippen molar-refractivity contribution < 1.29 is 15.6 Å². The van der Waals surface area contributed by atoms with E-state index in [1.165, 1.54) is 5.56 Å². The summed E-state index contributed by atoms with van der Waals surface area (Å²) in [6.07, 6.45) is 4.45. The maximum absolute atomic E-state index is 8.59. The van der Waals surface area contributed by atoms with Crippen molar-refractivity contribution in [3.05, 3.63) is 35.9 Å². The molecule has 1 aromatic carbocycles. The first-order chi connectivity index (χ1) is 10.2. The van der Waals surface area contributed by atoms with Crippen molar-refractivity contribution >= 4 is 0 Å². The number of hydrogen-bond acceptors (Lipinski definition) is 3. The van der Waals surface area contributed by atoms with Crippen LogP contribution in [0.1, 0.15) is 39.0 Å². The summed E-state index contributed by atoms with van der Waals surface area (Å²) < 4.78 is 26.0. The van der Waals surface area contributed by atoms with Crippen LogP contribution in [0.3, 0.4) is 0 Å². The van der Waals surface area contributed by atoms with Crippen molar-refractivity contribution in [2.45, 2.75) is 56.0 Å². The van der Waals surface area contributed by atoms with Crippen LogP contribution in [0.4, 0.5) is 0 Å². The van der Waals surface area contributed by atoms with Gasteiger partial charge in [-0.3, -0.25) is 0 Å². The molecule has 2 saturated heterocycles. The lowest BCUT2D eigenvalue weighted by molar-refractivity contribution is -0.184. The first-order valence-electron chi connectivity index (χ1n) is 8.18. The van der Waals surface area contributed by atoms with Crippen molar-refractivity contribution in [3.63, 3.8) is 0 Å². The Kier molecular flexibility index (Phi) is 2.83. The zero-order chi connectivity index (χ0) is 14.4. The van der Waals surface area contributed by atoms with E-state index in [0.717, 1.165) is 38.5 Å². The Bertz CT molecular complexity index is 502. The highest BCUT2D eigenvalue weighted by Gasteiger charge is 2.60. The van der Waals surface area contributed by atoms with Crippen molar-refractivity contribution in [2.24, 2.45) is 0 Å². The predicted octanol–water partition coefficient (Wildman–Crippen LogP) is 3.07. The predicted molar refractivity (Wildman–Crippen MR) is 75.5 cm³/mol. The van der Waals surface area contributed by atoms with Gasteiger partial charge in [-0.1, -0.05) is 30.3 Å². The van der Waals surface area contributed by atoms with Crippen LogP contribution in [0.25, 0.3) is 0 Å². The van der Waals surface area contributed by atoms with E-state index in [0.29, 0.717) is 13.2 Å². The summed E-state index contributed by atoms with van der Waals surface area (Å²) in [6.45, 7) is 1.40. The Morgan fingerprint density at radius 1 is 1.05 bits per heavy atom. The average molecular weight is 275 g/mol. The van der Waals surface area contributed by atoms with E-state index >= 15 is 0 Å². The van der Waals surface area contributed by atoms with Gasteiger partial charge in [-0.05, 0) is 31.2 Å². The Hall–Kier alpha value is -0.900. The van der Waals surface area contributed by atoms with Gasteiger partial charge in [0.1, 0.15) is 0 Å². The second-order valence-corrected chi connectivity index (χ2v) is 6.11. The Balaban J connectivity index is 1.36. The molecule has 2 spiro atoms. The summed E-state index contributed by atoms with van der Waals surface area (Å²) in [5.41, 5.74) is 1.03. The highest BCUT2D eigenvalue weighted by molar-refractivity contribution is 5.16. The molecule has 3 fully saturated rings. The molecule has 3 heteroatoms. The molecule has 108 valence electrons. The summed E-state index contributed by atoms with van der Waals surface area (Å²) in [6, 6.07) is 10.4. The maximum atomic E-state index is 8.59. The smallest absolute Gasteiger partial charge is 0.168 e. The minimum absolute atomic E-state index is 0.248. The molecule has 0 N–H and O–H groups in total. The van der Waals surface area contributed by atoms with Gasteiger partial charge in [-0.25, -0.2) is 0 Å². The van der Waals surface area contributed by atoms with E-state index in [1.54, 1.807) is 0 Å². The topological polar surface area (TPSA) is 31.0 Å². The second kappa shape index (κ2) is 4.83. The molecule has 1 atom stereocenters. The molecule has 0 aromatic heterocycles. The Labute approximate surface area is 121 Å². The van der Waals surface area contributed by atoms with E-state index in [4.69, 9.17) is 15.6 Å². The first-order valence-corrected chi connectivity index (χ1v) is 7.68. The number of hydrogen-bond donors (Lipinski definition) is 0. The van der Waals surface area contributed by atoms with Crippen LogP contribution >= 0.6 is 0 Å². The van der Waals surface area contributed by atoms with Crippen molar-refractivity contribution in [1.82, 2.24) is 0 Å². The Morgan fingerprint density at radius 2 is 1.75 bits per heavy atom. The third-order valence-corrected chi connectivity index (χ3v) is 4.90. The molecular formula is C17H22O3. The van der Waals surface area contributed by atoms with Gasteiger partial charge in [0.05, 0.1) is 26.3 Å². The van der Waals surface area contributed by atoms with E-state index < -0.39 is 6.08 Å². The third kappa shape index (κ3) is 2.28. The zero-order valence-electron chi connectivity index (χ0n) is 12.8. The molecule has 0 radical (unpaired) electrons. The fraction of sp³-hybridized carbons (Fsp3) is 0.647. The molecule has 1 aliphatic carbocycles. The lowest BCUT2D eigenvalue weighted by Gasteiger charge is -2.34. The normalized spacial score (nSPS) is 34.3. The highest BCUT2D eigenvalue weighted by atomic mass is 16.7. The fourth-order valence-electron chi connectivity index (χ4n) is 3.59. The SMILES string of the molecule is [2H]C1(CCc2ccccc2)OC12CCC1(CC2)OCCO1. The summed E-state index contributed by atoms with van der Waals surface area (Å²) in [5, 5.41) is 0. The van der Waals surface area contributed by atoms with Crippen LogP contribution < -0.4 is 0 Å². The van der Waals surface area contributed by atoms with Crippen LogP contribution in [0.2, 0.25) is 0 Å². The van der Waals surface area contributed by atoms with Gasteiger partial charge in [0, 0.05) is 12.8 Å². The summed E-state index contributed by atoms with van der Waals surface area (Å²) in [7, 11) is 0. The van der Waals surface area contributed by atoms with Crippen LogP contribution in [0.5, 0.6) is 0 Å². The molecule has 4 rings (SSSR count). The summed E-state index contributed by atoms with van der Waals surface area (Å²) in [5.74, 6) is -0.364. The van der Waals surface area contributed by atoms with E-state index in [2.05, 4.69) is 24.3 Å². The van der Waals surface area contributed by atoms with Crippen LogP contribution in [-0.4, -0.2) is 30.7 Å². The van der Waals surface area contributed by atoms with E-state index in [-0.39, 0.29) is 11.4 Å². The van der Waals surface area contributed by atoms with Crippen LogP contribution in [0.15, 0.2) is 30.3 Å². The van der Waals surface area contributed by atoms with Crippen LogP contribution in [0, 0.1) is 0 Å². The number of epoxide rings is 1. The molecule has 20 heavy (non-hydrogen) atoms. The quantitative estimate of drug-likeness (QED) is 0.794. The van der Waals surface area contributed by atoms with Gasteiger partial charge in [-0.15, -0.1) is 0 Å². The van der Waals surface area contributed by atoms with Gasteiger partial charge in [0.15, 0.2) is 5.79 Å². The van der Waals surface area contributed by atoms with Crippen molar-refractivity contribution in [3.8, 4) is 0 Å². The zero-order valence-corrected chi connectivity index (χ0v) is 11.8. The molecule has 1 unspecified atom stereocenters. The van der Waals surface area contributed by atoms with Gasteiger partial charge >= 0.3 is 0 Å². The molecular weight excluding hydrogens is 252 g/mol. The van der Waals surface area contributed by atoms with Gasteiger partial charge in [0.2, 0.25) is 0 Å². The summed E-state index contributed by atoms with van der Waals surface area (Å²) >= 11 is 0. The van der Waals surface area contributed by atoms with Gasteiger partial charge < -0.3 is 14.2 Å². The van der Waals surface area contributed by atoms with Crippen molar-refractivity contribution in [2.75, 3.05) is 13.2 Å². The second-order valence-electron chi connectivity index (χ2n) is 6.11. The molecule has 2 heterocycles. The standard InChI is InChI=1S/C17H22O3/c1-2-4-14(5-3-1)6-7-15-16(20-15)8-10-17(11-9-16)18-12-13-19-17/h1-5,15H,6-13H2/i15D. The van der Waals surface area contributed by atoms with E-state index in [1.807, 2.05) is 6.07 Å². The lowest BCUT2D eigenvalue weighted by atomic mass is 9.81. The maximum Gasteiger partial charge on any atom is 0.168 e. The molecule has 0 amide bonds. The minimum atomic E-state index is -0.705. The van der Waals surface area contributed by atoms with Crippen LogP contribution in [-0.2, 0) is 20.6 Å². The number of aryl methyl sites for hydroxylation is 1. The fourth-order valence-corrected chi connectivity index (χ4v) is 3.59. The number of benzene rings is 1. The molecule has 2 aliphatic heterocycles.